The maximum absolute atomic E-state index is 10.8. The summed E-state index contributed by atoms with van der Waals surface area (Å²) in [4.78, 5) is 25.4. The standard InChI is InChI=1S/C14H19NO4.C12H17NO3/c1-15(2)9-10-19-14-11(7-8-13(16)17)5-4-6-12(14)18-3;1-13(2)7-8-16-12-10(9-14)5-4-6-11(12)15-3/h4-8H,9-10H2,1-3H3,(H,16,17);4-6,9H,7-8H2,1-3H3/b8-7+;. The van der Waals surface area contributed by atoms with Crippen molar-refractivity contribution in [3.05, 3.63) is 53.6 Å². The molecule has 9 heteroatoms. The Balaban J connectivity index is 0.000000355. The topological polar surface area (TPSA) is 97.8 Å². The van der Waals surface area contributed by atoms with Crippen LogP contribution >= 0.6 is 0 Å². The lowest BCUT2D eigenvalue weighted by Gasteiger charge is -2.15. The molecule has 0 aliphatic rings. The Kier molecular flexibility index (Phi) is 13.6. The first-order valence-corrected chi connectivity index (χ1v) is 11.0. The SMILES string of the molecule is COc1cccc(/C=C/C(=O)O)c1OCCN(C)C.COc1cccc(C=O)c1OCCN(C)C. The lowest BCUT2D eigenvalue weighted by atomic mass is 10.1. The molecule has 0 bridgehead atoms. The molecule has 2 aromatic carbocycles. The van der Waals surface area contributed by atoms with E-state index >= 15 is 0 Å². The molecule has 0 saturated carbocycles. The first-order valence-electron chi connectivity index (χ1n) is 11.0. The van der Waals surface area contributed by atoms with Crippen molar-refractivity contribution >= 4 is 18.3 Å². The van der Waals surface area contributed by atoms with Gasteiger partial charge in [0.25, 0.3) is 0 Å². The van der Waals surface area contributed by atoms with Crippen molar-refractivity contribution in [1.82, 2.24) is 9.80 Å². The van der Waals surface area contributed by atoms with Gasteiger partial charge in [0.05, 0.1) is 19.8 Å². The summed E-state index contributed by atoms with van der Waals surface area (Å²) in [5.41, 5.74) is 1.19. The van der Waals surface area contributed by atoms with Gasteiger partial charge < -0.3 is 33.9 Å². The molecule has 0 saturated heterocycles. The monoisotopic (exact) mass is 488 g/mol. The van der Waals surface area contributed by atoms with E-state index in [0.717, 1.165) is 25.5 Å². The van der Waals surface area contributed by atoms with Gasteiger partial charge in [0.1, 0.15) is 13.2 Å². The normalized spacial score (nSPS) is 10.6. The van der Waals surface area contributed by atoms with Crippen LogP contribution in [0.2, 0.25) is 0 Å². The zero-order valence-corrected chi connectivity index (χ0v) is 21.3. The number of rotatable bonds is 13. The summed E-state index contributed by atoms with van der Waals surface area (Å²) in [6.07, 6.45) is 3.34. The smallest absolute Gasteiger partial charge is 0.328 e. The van der Waals surface area contributed by atoms with E-state index in [2.05, 4.69) is 0 Å². The molecule has 0 fully saturated rings. The van der Waals surface area contributed by atoms with Crippen molar-refractivity contribution in [3.63, 3.8) is 0 Å². The molecule has 1 N–H and O–H groups in total. The molecule has 0 spiro atoms. The number of para-hydroxylation sites is 2. The summed E-state index contributed by atoms with van der Waals surface area (Å²) in [5.74, 6) is 1.25. The maximum Gasteiger partial charge on any atom is 0.328 e. The highest BCUT2D eigenvalue weighted by atomic mass is 16.5. The fourth-order valence-corrected chi connectivity index (χ4v) is 2.74. The van der Waals surface area contributed by atoms with Crippen LogP contribution in [0.5, 0.6) is 23.0 Å². The molecule has 0 aliphatic heterocycles. The molecule has 0 aliphatic carbocycles. The third kappa shape index (κ3) is 10.9. The number of benzene rings is 2. The van der Waals surface area contributed by atoms with Crippen LogP contribution < -0.4 is 18.9 Å². The average Bonchev–Trinajstić information content (AvgIpc) is 2.83. The predicted molar refractivity (Wildman–Crippen MR) is 136 cm³/mol. The summed E-state index contributed by atoms with van der Waals surface area (Å²) < 4.78 is 21.6. The molecule has 0 unspecified atom stereocenters. The number of aliphatic carboxylic acids is 1. The van der Waals surface area contributed by atoms with E-state index in [1.54, 1.807) is 50.6 Å². The lowest BCUT2D eigenvalue weighted by Crippen LogP contribution is -2.19. The van der Waals surface area contributed by atoms with Gasteiger partial charge in [-0.25, -0.2) is 4.79 Å². The molecule has 0 aromatic heterocycles. The van der Waals surface area contributed by atoms with E-state index in [-0.39, 0.29) is 0 Å². The van der Waals surface area contributed by atoms with Crippen LogP contribution in [0.15, 0.2) is 42.5 Å². The minimum Gasteiger partial charge on any atom is -0.493 e. The van der Waals surface area contributed by atoms with E-state index in [4.69, 9.17) is 24.1 Å². The quantitative estimate of drug-likeness (QED) is 0.337. The minimum atomic E-state index is -0.998. The van der Waals surface area contributed by atoms with Crippen LogP contribution in [0.25, 0.3) is 6.08 Å². The highest BCUT2D eigenvalue weighted by Gasteiger charge is 2.10. The Bertz CT molecular complexity index is 959. The molecule has 0 amide bonds. The Labute approximate surface area is 207 Å². The van der Waals surface area contributed by atoms with Crippen molar-refractivity contribution < 1.29 is 33.6 Å². The van der Waals surface area contributed by atoms with E-state index in [0.29, 0.717) is 47.3 Å². The molecular formula is C26H36N2O7. The number of hydrogen-bond acceptors (Lipinski definition) is 8. The Morgan fingerprint density at radius 2 is 1.29 bits per heavy atom. The number of carbonyl (C=O) groups excluding carboxylic acids is 1. The third-order valence-electron chi connectivity index (χ3n) is 4.56. The number of ether oxygens (including phenoxy) is 4. The number of carbonyl (C=O) groups is 2. The second-order valence-electron chi connectivity index (χ2n) is 7.85. The molecule has 2 rings (SSSR count). The van der Waals surface area contributed by atoms with Crippen LogP contribution in [0.1, 0.15) is 15.9 Å². The number of nitrogens with zero attached hydrogens (tertiary/aromatic N) is 2. The van der Waals surface area contributed by atoms with E-state index in [9.17, 15) is 9.59 Å². The number of hydrogen-bond donors (Lipinski definition) is 1. The van der Waals surface area contributed by atoms with Gasteiger partial charge in [0.2, 0.25) is 0 Å². The highest BCUT2D eigenvalue weighted by molar-refractivity contribution is 5.86. The largest absolute Gasteiger partial charge is 0.493 e. The van der Waals surface area contributed by atoms with Crippen LogP contribution in [-0.4, -0.2) is 95.9 Å². The number of methoxy groups -OCH3 is 2. The summed E-state index contributed by atoms with van der Waals surface area (Å²) in [6, 6.07) is 10.6. The van der Waals surface area contributed by atoms with Gasteiger partial charge in [-0.15, -0.1) is 0 Å². The molecule has 2 aromatic rings. The maximum atomic E-state index is 10.8. The highest BCUT2D eigenvalue weighted by Crippen LogP contribution is 2.32. The molecule has 0 radical (unpaired) electrons. The Morgan fingerprint density at radius 3 is 1.69 bits per heavy atom. The van der Waals surface area contributed by atoms with Gasteiger partial charge in [0.15, 0.2) is 29.3 Å². The number of carboxylic acids is 1. The number of likely N-dealkylation sites (N-methyl/N-ethyl adjacent to an activating group) is 2. The molecule has 35 heavy (non-hydrogen) atoms. The minimum absolute atomic E-state index is 0.501. The number of carboxylic acid groups (broad SMARTS) is 1. The fraction of sp³-hybridized carbons (Fsp3) is 0.385. The molecule has 0 heterocycles. The second-order valence-corrected chi connectivity index (χ2v) is 7.85. The van der Waals surface area contributed by atoms with E-state index in [1.807, 2.05) is 38.0 Å². The molecular weight excluding hydrogens is 452 g/mol. The third-order valence-corrected chi connectivity index (χ3v) is 4.56. The van der Waals surface area contributed by atoms with Crippen molar-refractivity contribution in [1.29, 1.82) is 0 Å². The molecule has 9 nitrogen and oxygen atoms in total. The zero-order valence-electron chi connectivity index (χ0n) is 21.3. The van der Waals surface area contributed by atoms with Crippen molar-refractivity contribution in [3.8, 4) is 23.0 Å². The van der Waals surface area contributed by atoms with Crippen molar-refractivity contribution in [2.24, 2.45) is 0 Å². The van der Waals surface area contributed by atoms with Crippen molar-refractivity contribution in [2.45, 2.75) is 0 Å². The molecule has 0 atom stereocenters. The zero-order chi connectivity index (χ0) is 26.2. The summed E-state index contributed by atoms with van der Waals surface area (Å²) in [6.45, 7) is 2.58. The van der Waals surface area contributed by atoms with Gasteiger partial charge in [0, 0.05) is 24.7 Å². The van der Waals surface area contributed by atoms with Gasteiger partial charge in [-0.1, -0.05) is 18.2 Å². The molecule has 192 valence electrons. The van der Waals surface area contributed by atoms with Gasteiger partial charge >= 0.3 is 5.97 Å². The van der Waals surface area contributed by atoms with Gasteiger partial charge in [-0.3, -0.25) is 4.79 Å². The Hall–Kier alpha value is -3.56. The fourth-order valence-electron chi connectivity index (χ4n) is 2.74. The van der Waals surface area contributed by atoms with Crippen LogP contribution in [0, 0.1) is 0 Å². The summed E-state index contributed by atoms with van der Waals surface area (Å²) in [7, 11) is 11.0. The Morgan fingerprint density at radius 1 is 0.829 bits per heavy atom. The van der Waals surface area contributed by atoms with Crippen LogP contribution in [-0.2, 0) is 4.79 Å². The summed E-state index contributed by atoms with van der Waals surface area (Å²) in [5, 5.41) is 8.68. The van der Waals surface area contributed by atoms with E-state index in [1.165, 1.54) is 6.08 Å². The van der Waals surface area contributed by atoms with Crippen LogP contribution in [0.3, 0.4) is 0 Å². The predicted octanol–water partition coefficient (Wildman–Crippen LogP) is 3.18. The van der Waals surface area contributed by atoms with Crippen LogP contribution in [0.4, 0.5) is 0 Å². The van der Waals surface area contributed by atoms with Crippen molar-refractivity contribution in [2.75, 3.05) is 68.7 Å². The lowest BCUT2D eigenvalue weighted by molar-refractivity contribution is -0.131. The average molecular weight is 489 g/mol. The summed E-state index contributed by atoms with van der Waals surface area (Å²) >= 11 is 0. The van der Waals surface area contributed by atoms with Gasteiger partial charge in [-0.05, 0) is 52.5 Å². The number of aldehydes is 1. The first-order chi connectivity index (χ1) is 16.7. The first kappa shape index (κ1) is 29.5. The van der Waals surface area contributed by atoms with E-state index < -0.39 is 5.97 Å². The van der Waals surface area contributed by atoms with Gasteiger partial charge in [-0.2, -0.15) is 0 Å². The second kappa shape index (κ2) is 16.1.